The molecule has 2 aromatic carbocycles. The molecule has 1 aromatic heterocycles. The van der Waals surface area contributed by atoms with Gasteiger partial charge in [-0.05, 0) is 11.1 Å². The summed E-state index contributed by atoms with van der Waals surface area (Å²) >= 11 is 0. The Balaban J connectivity index is 1.95. The number of nitrogens with zero attached hydrogens (tertiary/aromatic N) is 1. The fraction of sp³-hybridized carbons (Fsp3) is 0.158. The number of hydrogen-bond acceptors (Lipinski definition) is 2. The Hall–Kier alpha value is -2.88. The number of benzene rings is 2. The van der Waals surface area contributed by atoms with Gasteiger partial charge >= 0.3 is 5.97 Å². The predicted octanol–water partition coefficient (Wildman–Crippen LogP) is 3.19. The SMILES string of the molecule is O=C(O)[C@H]1[C@@H](c2cnc[nH]2)C1(c1ccccc1)c1ccccc1. The third kappa shape index (κ3) is 1.91. The summed E-state index contributed by atoms with van der Waals surface area (Å²) in [4.78, 5) is 19.2. The maximum absolute atomic E-state index is 12.0. The third-order valence-electron chi connectivity index (χ3n) is 4.83. The van der Waals surface area contributed by atoms with Gasteiger partial charge in [0.05, 0.1) is 12.2 Å². The van der Waals surface area contributed by atoms with E-state index in [0.29, 0.717) is 0 Å². The van der Waals surface area contributed by atoms with Gasteiger partial charge in [-0.3, -0.25) is 4.79 Å². The molecule has 3 aromatic rings. The molecule has 1 fully saturated rings. The predicted molar refractivity (Wildman–Crippen MR) is 86.1 cm³/mol. The highest BCUT2D eigenvalue weighted by molar-refractivity contribution is 5.83. The van der Waals surface area contributed by atoms with Crippen LogP contribution < -0.4 is 0 Å². The van der Waals surface area contributed by atoms with Gasteiger partial charge in [0.25, 0.3) is 0 Å². The van der Waals surface area contributed by atoms with Gasteiger partial charge in [0, 0.05) is 23.2 Å². The number of aromatic nitrogens is 2. The fourth-order valence-corrected chi connectivity index (χ4v) is 3.90. The van der Waals surface area contributed by atoms with E-state index in [4.69, 9.17) is 0 Å². The highest BCUT2D eigenvalue weighted by Crippen LogP contribution is 2.68. The van der Waals surface area contributed by atoms with E-state index in [1.807, 2.05) is 60.7 Å². The van der Waals surface area contributed by atoms with E-state index < -0.39 is 17.3 Å². The van der Waals surface area contributed by atoms with Crippen LogP contribution in [0.15, 0.2) is 73.2 Å². The van der Waals surface area contributed by atoms with Crippen molar-refractivity contribution in [2.75, 3.05) is 0 Å². The lowest BCUT2D eigenvalue weighted by molar-refractivity contribution is -0.139. The molecule has 1 aliphatic carbocycles. The summed E-state index contributed by atoms with van der Waals surface area (Å²) in [5, 5.41) is 9.85. The minimum Gasteiger partial charge on any atom is -0.481 e. The topological polar surface area (TPSA) is 66.0 Å². The number of nitrogens with one attached hydrogen (secondary N) is 1. The molecule has 1 heterocycles. The van der Waals surface area contributed by atoms with Crippen molar-refractivity contribution >= 4 is 5.97 Å². The van der Waals surface area contributed by atoms with E-state index >= 15 is 0 Å². The summed E-state index contributed by atoms with van der Waals surface area (Å²) in [6, 6.07) is 19.8. The maximum atomic E-state index is 12.0. The lowest BCUT2D eigenvalue weighted by atomic mass is 9.84. The molecule has 4 heteroatoms. The van der Waals surface area contributed by atoms with Crippen molar-refractivity contribution in [3.63, 3.8) is 0 Å². The average molecular weight is 304 g/mol. The van der Waals surface area contributed by atoms with Crippen LogP contribution in [0.5, 0.6) is 0 Å². The third-order valence-corrected chi connectivity index (χ3v) is 4.83. The van der Waals surface area contributed by atoms with Gasteiger partial charge in [-0.15, -0.1) is 0 Å². The molecule has 4 nitrogen and oxygen atoms in total. The number of H-pyrrole nitrogens is 1. The summed E-state index contributed by atoms with van der Waals surface area (Å²) in [5.41, 5.74) is 2.36. The summed E-state index contributed by atoms with van der Waals surface area (Å²) in [5.74, 6) is -1.43. The van der Waals surface area contributed by atoms with Crippen LogP contribution in [0, 0.1) is 5.92 Å². The van der Waals surface area contributed by atoms with Crippen LogP contribution in [0.3, 0.4) is 0 Å². The summed E-state index contributed by atoms with van der Waals surface area (Å²) < 4.78 is 0. The Morgan fingerprint density at radius 3 is 2.00 bits per heavy atom. The van der Waals surface area contributed by atoms with Crippen LogP contribution in [0.4, 0.5) is 0 Å². The van der Waals surface area contributed by atoms with E-state index in [2.05, 4.69) is 9.97 Å². The van der Waals surface area contributed by atoms with Crippen LogP contribution in [-0.2, 0) is 10.2 Å². The molecule has 1 aliphatic rings. The number of imidazole rings is 1. The Morgan fingerprint density at radius 2 is 1.57 bits per heavy atom. The van der Waals surface area contributed by atoms with Crippen LogP contribution in [0.2, 0.25) is 0 Å². The number of rotatable bonds is 4. The van der Waals surface area contributed by atoms with Crippen LogP contribution in [0.1, 0.15) is 22.7 Å². The molecular weight excluding hydrogens is 288 g/mol. The van der Waals surface area contributed by atoms with Crippen molar-refractivity contribution in [2.45, 2.75) is 11.3 Å². The molecule has 0 saturated heterocycles. The van der Waals surface area contributed by atoms with Gasteiger partial charge in [-0.2, -0.15) is 0 Å². The Morgan fingerprint density at radius 1 is 1.00 bits per heavy atom. The second-order valence-electron chi connectivity index (χ2n) is 5.90. The van der Waals surface area contributed by atoms with E-state index in [1.165, 1.54) is 0 Å². The van der Waals surface area contributed by atoms with E-state index in [0.717, 1.165) is 16.8 Å². The summed E-state index contributed by atoms with van der Waals surface area (Å²) in [7, 11) is 0. The largest absolute Gasteiger partial charge is 0.481 e. The molecule has 0 amide bonds. The monoisotopic (exact) mass is 304 g/mol. The zero-order valence-corrected chi connectivity index (χ0v) is 12.4. The minimum atomic E-state index is -0.780. The highest BCUT2D eigenvalue weighted by Gasteiger charge is 2.71. The van der Waals surface area contributed by atoms with Crippen molar-refractivity contribution < 1.29 is 9.90 Å². The smallest absolute Gasteiger partial charge is 0.308 e. The summed E-state index contributed by atoms with van der Waals surface area (Å²) in [6.07, 6.45) is 3.33. The van der Waals surface area contributed by atoms with Gasteiger partial charge in [-0.1, -0.05) is 60.7 Å². The second-order valence-corrected chi connectivity index (χ2v) is 5.90. The standard InChI is InChI=1S/C19H16N2O2/c22-18(23)17-16(15-11-20-12-21-15)19(17,13-7-3-1-4-8-13)14-9-5-2-6-10-14/h1-12,16-17H,(H,20,21)(H,22,23)/t16-,17-/m1/s1. The van der Waals surface area contributed by atoms with Gasteiger partial charge < -0.3 is 10.1 Å². The number of aliphatic carboxylic acids is 1. The summed E-state index contributed by atoms with van der Waals surface area (Å²) in [6.45, 7) is 0. The van der Waals surface area contributed by atoms with Crippen LogP contribution in [0.25, 0.3) is 0 Å². The van der Waals surface area contributed by atoms with Crippen molar-refractivity contribution in [3.8, 4) is 0 Å². The lowest BCUT2D eigenvalue weighted by Crippen LogP contribution is -2.17. The number of aromatic amines is 1. The fourth-order valence-electron chi connectivity index (χ4n) is 3.90. The first-order valence-electron chi connectivity index (χ1n) is 7.58. The molecule has 114 valence electrons. The number of carbonyl (C=O) groups is 1. The molecule has 0 aliphatic heterocycles. The maximum Gasteiger partial charge on any atom is 0.308 e. The molecule has 23 heavy (non-hydrogen) atoms. The zero-order valence-electron chi connectivity index (χ0n) is 12.4. The Bertz CT molecular complexity index is 774. The molecule has 0 radical (unpaired) electrons. The minimum absolute atomic E-state index is 0.146. The van der Waals surface area contributed by atoms with Crippen molar-refractivity contribution in [2.24, 2.45) is 5.92 Å². The number of hydrogen-bond donors (Lipinski definition) is 2. The molecule has 2 N–H and O–H groups in total. The molecule has 2 atom stereocenters. The molecule has 0 spiro atoms. The normalized spacial score (nSPS) is 21.7. The molecular formula is C19H16N2O2. The van der Waals surface area contributed by atoms with E-state index in [9.17, 15) is 9.90 Å². The molecule has 0 bridgehead atoms. The quantitative estimate of drug-likeness (QED) is 0.778. The first kappa shape index (κ1) is 13.8. The van der Waals surface area contributed by atoms with Gasteiger partial charge in [-0.25, -0.2) is 4.98 Å². The number of carboxylic acid groups (broad SMARTS) is 1. The van der Waals surface area contributed by atoms with Gasteiger partial charge in [0.1, 0.15) is 0 Å². The molecule has 0 unspecified atom stereocenters. The van der Waals surface area contributed by atoms with Crippen LogP contribution in [-0.4, -0.2) is 21.0 Å². The number of carboxylic acids is 1. The lowest BCUT2D eigenvalue weighted by Gasteiger charge is -2.19. The van der Waals surface area contributed by atoms with Crippen molar-refractivity contribution in [1.82, 2.24) is 9.97 Å². The zero-order chi connectivity index (χ0) is 15.9. The van der Waals surface area contributed by atoms with Crippen molar-refractivity contribution in [1.29, 1.82) is 0 Å². The van der Waals surface area contributed by atoms with E-state index in [-0.39, 0.29) is 5.92 Å². The Labute approximate surface area is 133 Å². The second kappa shape index (κ2) is 5.09. The average Bonchev–Trinajstić information content (AvgIpc) is 3.02. The van der Waals surface area contributed by atoms with Gasteiger partial charge in [0.2, 0.25) is 0 Å². The van der Waals surface area contributed by atoms with Crippen molar-refractivity contribution in [3.05, 3.63) is 90.0 Å². The van der Waals surface area contributed by atoms with E-state index in [1.54, 1.807) is 12.5 Å². The van der Waals surface area contributed by atoms with Crippen LogP contribution >= 0.6 is 0 Å². The first-order chi connectivity index (χ1) is 11.3. The molecule has 4 rings (SSSR count). The first-order valence-corrected chi connectivity index (χ1v) is 7.58. The Kier molecular flexibility index (Phi) is 3.05. The molecule has 1 saturated carbocycles. The highest BCUT2D eigenvalue weighted by atomic mass is 16.4. The van der Waals surface area contributed by atoms with Gasteiger partial charge in [0.15, 0.2) is 0 Å².